The van der Waals surface area contributed by atoms with Crippen LogP contribution in [0, 0.1) is 0 Å². The molecule has 2 aromatic heterocycles. The number of nitrogens with zero attached hydrogens (tertiary/aromatic N) is 5. The molecule has 2 aromatic rings. The standard InChI is InChI=1S/C12H17F3N6/c1-2-20(6-12(13,14)15)4-3-5-21-8-19-9-10(16)17-7-18-11(9)21/h7-8H,2-6H2,1H3,(H2,16,17,18). The summed E-state index contributed by atoms with van der Waals surface area (Å²) in [6.07, 6.45) is -0.674. The second-order valence-corrected chi connectivity index (χ2v) is 4.71. The first kappa shape index (κ1) is 15.5. The van der Waals surface area contributed by atoms with Crippen molar-refractivity contribution in [2.45, 2.75) is 26.1 Å². The van der Waals surface area contributed by atoms with Gasteiger partial charge in [0.25, 0.3) is 0 Å². The number of alkyl halides is 3. The first-order valence-electron chi connectivity index (χ1n) is 6.61. The molecule has 0 amide bonds. The Morgan fingerprint density at radius 3 is 2.71 bits per heavy atom. The summed E-state index contributed by atoms with van der Waals surface area (Å²) < 4.78 is 38.8. The molecule has 0 aromatic carbocycles. The Morgan fingerprint density at radius 1 is 1.29 bits per heavy atom. The monoisotopic (exact) mass is 302 g/mol. The molecule has 0 fully saturated rings. The first-order valence-corrected chi connectivity index (χ1v) is 6.61. The van der Waals surface area contributed by atoms with Gasteiger partial charge in [-0.05, 0) is 13.0 Å². The lowest BCUT2D eigenvalue weighted by molar-refractivity contribution is -0.145. The third-order valence-corrected chi connectivity index (χ3v) is 3.15. The largest absolute Gasteiger partial charge is 0.401 e. The van der Waals surface area contributed by atoms with Gasteiger partial charge in [-0.3, -0.25) is 4.90 Å². The molecule has 2 rings (SSSR count). The quantitative estimate of drug-likeness (QED) is 0.879. The number of aromatic nitrogens is 4. The van der Waals surface area contributed by atoms with Gasteiger partial charge in [0, 0.05) is 13.1 Å². The van der Waals surface area contributed by atoms with E-state index >= 15 is 0 Å². The molecule has 0 aliphatic rings. The zero-order chi connectivity index (χ0) is 15.5. The molecule has 0 radical (unpaired) electrons. The Labute approximate surface area is 119 Å². The highest BCUT2D eigenvalue weighted by molar-refractivity contribution is 5.80. The minimum absolute atomic E-state index is 0.297. The van der Waals surface area contributed by atoms with Crippen molar-refractivity contribution < 1.29 is 13.2 Å². The summed E-state index contributed by atoms with van der Waals surface area (Å²) in [6, 6.07) is 0. The lowest BCUT2D eigenvalue weighted by Gasteiger charge is -2.21. The van der Waals surface area contributed by atoms with Crippen LogP contribution in [-0.2, 0) is 6.54 Å². The summed E-state index contributed by atoms with van der Waals surface area (Å²) in [6.45, 7) is 2.08. The summed E-state index contributed by atoms with van der Waals surface area (Å²) >= 11 is 0. The van der Waals surface area contributed by atoms with Crippen molar-refractivity contribution in [2.24, 2.45) is 0 Å². The average Bonchev–Trinajstić information content (AvgIpc) is 2.81. The van der Waals surface area contributed by atoms with Crippen molar-refractivity contribution in [3.05, 3.63) is 12.7 Å². The Kier molecular flexibility index (Phi) is 4.61. The molecule has 2 heterocycles. The number of hydrogen-bond donors (Lipinski definition) is 1. The Bertz CT molecular complexity index is 594. The van der Waals surface area contributed by atoms with Gasteiger partial charge in [-0.2, -0.15) is 13.2 Å². The van der Waals surface area contributed by atoms with Crippen LogP contribution in [0.25, 0.3) is 11.2 Å². The van der Waals surface area contributed by atoms with Gasteiger partial charge in [0.2, 0.25) is 0 Å². The van der Waals surface area contributed by atoms with Gasteiger partial charge in [-0.15, -0.1) is 0 Å². The SMILES string of the molecule is CCN(CCCn1cnc2c(N)ncnc21)CC(F)(F)F. The molecule has 0 aliphatic heterocycles. The number of aryl methyl sites for hydroxylation is 1. The topological polar surface area (TPSA) is 72.9 Å². The van der Waals surface area contributed by atoms with E-state index in [4.69, 9.17) is 5.73 Å². The van der Waals surface area contributed by atoms with Gasteiger partial charge in [0.05, 0.1) is 12.9 Å². The third-order valence-electron chi connectivity index (χ3n) is 3.15. The maximum atomic E-state index is 12.4. The maximum absolute atomic E-state index is 12.4. The lowest BCUT2D eigenvalue weighted by atomic mass is 10.3. The van der Waals surface area contributed by atoms with Crippen LogP contribution in [0.1, 0.15) is 13.3 Å². The number of anilines is 1. The highest BCUT2D eigenvalue weighted by Gasteiger charge is 2.29. The number of nitrogens with two attached hydrogens (primary N) is 1. The van der Waals surface area contributed by atoms with Gasteiger partial charge in [-0.25, -0.2) is 15.0 Å². The highest BCUT2D eigenvalue weighted by Crippen LogP contribution is 2.17. The summed E-state index contributed by atoms with van der Waals surface area (Å²) in [7, 11) is 0. The molecule has 0 unspecified atom stereocenters. The molecular formula is C12H17F3N6. The minimum atomic E-state index is -4.17. The van der Waals surface area contributed by atoms with Gasteiger partial charge in [0.15, 0.2) is 11.5 Å². The van der Waals surface area contributed by atoms with Gasteiger partial charge in [0.1, 0.15) is 11.8 Å². The fourth-order valence-corrected chi connectivity index (χ4v) is 2.13. The number of imidazole rings is 1. The summed E-state index contributed by atoms with van der Waals surface area (Å²) in [4.78, 5) is 13.4. The van der Waals surface area contributed by atoms with E-state index in [1.54, 1.807) is 17.8 Å². The molecular weight excluding hydrogens is 285 g/mol. The van der Waals surface area contributed by atoms with Crippen LogP contribution < -0.4 is 5.73 Å². The zero-order valence-corrected chi connectivity index (χ0v) is 11.6. The smallest absolute Gasteiger partial charge is 0.382 e. The average molecular weight is 302 g/mol. The zero-order valence-electron chi connectivity index (χ0n) is 11.6. The van der Waals surface area contributed by atoms with Crippen LogP contribution in [-0.4, -0.2) is 50.2 Å². The van der Waals surface area contributed by atoms with Crippen LogP contribution in [0.5, 0.6) is 0 Å². The molecule has 21 heavy (non-hydrogen) atoms. The van der Waals surface area contributed by atoms with Crippen molar-refractivity contribution in [1.29, 1.82) is 0 Å². The molecule has 0 spiro atoms. The van der Waals surface area contributed by atoms with Crippen LogP contribution in [0.15, 0.2) is 12.7 Å². The van der Waals surface area contributed by atoms with Crippen molar-refractivity contribution in [1.82, 2.24) is 24.4 Å². The molecule has 0 bridgehead atoms. The second-order valence-electron chi connectivity index (χ2n) is 4.71. The fourth-order valence-electron chi connectivity index (χ4n) is 2.13. The Balaban J connectivity index is 1.94. The normalized spacial score (nSPS) is 12.4. The van der Waals surface area contributed by atoms with Gasteiger partial charge >= 0.3 is 6.18 Å². The van der Waals surface area contributed by atoms with E-state index in [0.29, 0.717) is 43.0 Å². The first-order chi connectivity index (χ1) is 9.90. The molecule has 6 nitrogen and oxygen atoms in total. The molecule has 0 saturated carbocycles. The number of rotatable bonds is 6. The van der Waals surface area contributed by atoms with Crippen LogP contribution in [0.3, 0.4) is 0 Å². The predicted molar refractivity (Wildman–Crippen MR) is 72.5 cm³/mol. The molecule has 0 atom stereocenters. The van der Waals surface area contributed by atoms with E-state index in [9.17, 15) is 13.2 Å². The van der Waals surface area contributed by atoms with Crippen LogP contribution in [0.4, 0.5) is 19.0 Å². The molecule has 2 N–H and O–H groups in total. The molecule has 0 saturated heterocycles. The van der Waals surface area contributed by atoms with Crippen LogP contribution in [0.2, 0.25) is 0 Å². The number of hydrogen-bond acceptors (Lipinski definition) is 5. The predicted octanol–water partition coefficient (Wildman–Crippen LogP) is 1.68. The number of fused-ring (bicyclic) bond motifs is 1. The Hall–Kier alpha value is -1.90. The number of halogens is 3. The summed E-state index contributed by atoms with van der Waals surface area (Å²) in [5.74, 6) is 0.297. The highest BCUT2D eigenvalue weighted by atomic mass is 19.4. The van der Waals surface area contributed by atoms with Gasteiger partial charge < -0.3 is 10.3 Å². The van der Waals surface area contributed by atoms with E-state index < -0.39 is 12.7 Å². The minimum Gasteiger partial charge on any atom is -0.382 e. The van der Waals surface area contributed by atoms with E-state index in [-0.39, 0.29) is 0 Å². The second kappa shape index (κ2) is 6.25. The van der Waals surface area contributed by atoms with Crippen molar-refractivity contribution in [3.8, 4) is 0 Å². The number of nitrogen functional groups attached to an aromatic ring is 1. The maximum Gasteiger partial charge on any atom is 0.401 e. The third kappa shape index (κ3) is 4.03. The summed E-state index contributed by atoms with van der Waals surface area (Å²) in [5, 5.41) is 0. The fraction of sp³-hybridized carbons (Fsp3) is 0.583. The van der Waals surface area contributed by atoms with E-state index in [1.807, 2.05) is 0 Å². The van der Waals surface area contributed by atoms with Crippen molar-refractivity contribution in [2.75, 3.05) is 25.4 Å². The van der Waals surface area contributed by atoms with Gasteiger partial charge in [-0.1, -0.05) is 6.92 Å². The molecule has 0 aliphatic carbocycles. The molecule has 9 heteroatoms. The van der Waals surface area contributed by atoms with E-state index in [1.165, 1.54) is 11.2 Å². The van der Waals surface area contributed by atoms with Crippen molar-refractivity contribution in [3.63, 3.8) is 0 Å². The molecule has 116 valence electrons. The van der Waals surface area contributed by atoms with Crippen molar-refractivity contribution >= 4 is 17.0 Å². The van der Waals surface area contributed by atoms with E-state index in [2.05, 4.69) is 15.0 Å². The van der Waals surface area contributed by atoms with E-state index in [0.717, 1.165) is 0 Å². The summed E-state index contributed by atoms with van der Waals surface area (Å²) in [5.41, 5.74) is 6.79. The lowest BCUT2D eigenvalue weighted by Crippen LogP contribution is -2.35. The Morgan fingerprint density at radius 2 is 2.05 bits per heavy atom. The van der Waals surface area contributed by atoms with Crippen LogP contribution >= 0.6 is 0 Å².